The number of phenols is 2. The van der Waals surface area contributed by atoms with Crippen LogP contribution in [0.25, 0.3) is 0 Å². The molecule has 2 aromatic carbocycles. The maximum atomic E-state index is 11.0. The summed E-state index contributed by atoms with van der Waals surface area (Å²) >= 11 is 0. The van der Waals surface area contributed by atoms with E-state index in [2.05, 4.69) is 37.2 Å². The van der Waals surface area contributed by atoms with Gasteiger partial charge in [0.25, 0.3) is 5.91 Å². The van der Waals surface area contributed by atoms with Gasteiger partial charge in [0, 0.05) is 19.7 Å². The highest BCUT2D eigenvalue weighted by molar-refractivity contribution is 5.84. The van der Waals surface area contributed by atoms with Gasteiger partial charge in [0.15, 0.2) is 12.9 Å². The van der Waals surface area contributed by atoms with E-state index >= 15 is 0 Å². The Hall–Kier alpha value is -5.10. The van der Waals surface area contributed by atoms with E-state index in [1.165, 1.54) is 38.5 Å². The summed E-state index contributed by atoms with van der Waals surface area (Å²) in [6, 6.07) is 7.71. The number of hydrogen-bond acceptors (Lipinski definition) is 13. The highest BCUT2D eigenvalue weighted by Gasteiger charge is 2.17. The van der Waals surface area contributed by atoms with Crippen molar-refractivity contribution in [1.29, 1.82) is 0 Å². The highest BCUT2D eigenvalue weighted by atomic mass is 16.6. The fourth-order valence-electron chi connectivity index (χ4n) is 3.17. The predicted molar refractivity (Wildman–Crippen MR) is 162 cm³/mol. The molecule has 2 rings (SSSR count). The van der Waals surface area contributed by atoms with Gasteiger partial charge >= 0.3 is 11.9 Å². The van der Waals surface area contributed by atoms with Crippen molar-refractivity contribution in [3.05, 3.63) is 58.7 Å². The zero-order valence-electron chi connectivity index (χ0n) is 25.3. The van der Waals surface area contributed by atoms with E-state index in [1.54, 1.807) is 32.3 Å². The first-order valence-corrected chi connectivity index (χ1v) is 13.1. The number of nitrogens with one attached hydrogen (secondary N) is 4. The molecule has 0 heterocycles. The van der Waals surface area contributed by atoms with Gasteiger partial charge in [0.2, 0.25) is 5.91 Å². The number of nitrogens with zero attached hydrogens (tertiary/aromatic N) is 1. The third kappa shape index (κ3) is 16.4. The van der Waals surface area contributed by atoms with Crippen molar-refractivity contribution in [3.8, 4) is 11.5 Å². The molecule has 0 bridgehead atoms. The molecule has 2 atom stereocenters. The summed E-state index contributed by atoms with van der Waals surface area (Å²) in [5.41, 5.74) is 1.93. The number of carboxylic acid groups (broad SMARTS) is 2. The summed E-state index contributed by atoms with van der Waals surface area (Å²) in [4.78, 5) is 62.1. The number of phenolic OH excluding ortho intramolecular Hbond substituents is 2. The van der Waals surface area contributed by atoms with E-state index in [9.17, 15) is 34.2 Å². The van der Waals surface area contributed by atoms with Crippen LogP contribution in [0, 0.1) is 0 Å². The molecule has 0 fully saturated rings. The van der Waals surface area contributed by atoms with E-state index in [0.29, 0.717) is 23.0 Å². The first kappa shape index (κ1) is 39.9. The molecule has 248 valence electrons. The molecular formula is C28H40N6O11. The Morgan fingerprint density at radius 2 is 1.24 bits per heavy atom. The normalized spacial score (nSPS) is 11.5. The van der Waals surface area contributed by atoms with Gasteiger partial charge in [-0.15, -0.1) is 0 Å². The Labute approximate surface area is 259 Å². The third-order valence-corrected chi connectivity index (χ3v) is 5.72. The molecule has 10 N–H and O–H groups in total. The highest BCUT2D eigenvalue weighted by Crippen LogP contribution is 2.18. The zero-order chi connectivity index (χ0) is 34.4. The van der Waals surface area contributed by atoms with Crippen molar-refractivity contribution in [2.75, 3.05) is 41.4 Å². The number of carbonyl (C=O) groups is 5. The second-order valence-electron chi connectivity index (χ2n) is 8.84. The van der Waals surface area contributed by atoms with Crippen LogP contribution in [0.2, 0.25) is 0 Å². The molecule has 0 spiro atoms. The summed E-state index contributed by atoms with van der Waals surface area (Å²) in [5, 5.41) is 50.5. The molecule has 0 aliphatic rings. The van der Waals surface area contributed by atoms with Crippen LogP contribution in [0.4, 0.5) is 0 Å². The molecule has 2 aromatic rings. The standard InChI is InChI=1S/C14H19N3O5.C11H13NO4.C3H8N2O2/c1-15-11(14(20)21)6-9-3-4-12(18)10(5-9)7-17-22-8-13(19)16-2;1-12-9(11(15)16)5-7-2-3-10(14)8(4-7)6-13;1-5-3(6)2-7-4/h3-5,7,11,15,18H,6,8H2,1-2H3,(H,16,19)(H,20,21);2-4,6,9,12,14H,5H2,1H3,(H,15,16);2,4H2,1H3,(H,5,6)/b17-7+;;. The van der Waals surface area contributed by atoms with Crippen LogP contribution in [0.1, 0.15) is 27.0 Å². The van der Waals surface area contributed by atoms with E-state index in [0.717, 1.165) is 0 Å². The molecule has 2 amide bonds. The van der Waals surface area contributed by atoms with Crippen LogP contribution in [0.15, 0.2) is 41.6 Å². The average Bonchev–Trinajstić information content (AvgIpc) is 3.02. The molecule has 0 saturated carbocycles. The molecule has 0 aliphatic carbocycles. The fourth-order valence-corrected chi connectivity index (χ4v) is 3.17. The number of likely N-dealkylation sites (N-methyl/N-ethyl adjacent to an activating group) is 4. The summed E-state index contributed by atoms with van der Waals surface area (Å²) < 4.78 is 0. The number of nitrogens with two attached hydrogens (primary N) is 1. The van der Waals surface area contributed by atoms with Crippen molar-refractivity contribution in [1.82, 2.24) is 21.3 Å². The number of aldehydes is 1. The SMILES string of the molecule is CNC(=O)CO/N=C/c1cc(CC(NC)C(=O)O)ccc1O.CNC(=O)CON.CNC(Cc1ccc(O)c(C=O)c1)C(=O)O. The number of hydrogen-bond donors (Lipinski definition) is 9. The van der Waals surface area contributed by atoms with Gasteiger partial charge in [-0.3, -0.25) is 28.8 Å². The smallest absolute Gasteiger partial charge is 0.321 e. The van der Waals surface area contributed by atoms with Gasteiger partial charge in [-0.25, -0.2) is 5.90 Å². The minimum absolute atomic E-state index is 0.0209. The van der Waals surface area contributed by atoms with Crippen molar-refractivity contribution >= 4 is 36.3 Å². The van der Waals surface area contributed by atoms with Gasteiger partial charge in [0.1, 0.15) is 30.2 Å². The second-order valence-corrected chi connectivity index (χ2v) is 8.84. The maximum absolute atomic E-state index is 11.0. The number of aliphatic carboxylic acids is 2. The number of aromatic hydroxyl groups is 2. The van der Waals surface area contributed by atoms with Gasteiger partial charge in [-0.05, 0) is 62.3 Å². The monoisotopic (exact) mass is 636 g/mol. The van der Waals surface area contributed by atoms with Gasteiger partial charge in [0.05, 0.1) is 11.8 Å². The Morgan fingerprint density at radius 3 is 1.62 bits per heavy atom. The number of carbonyl (C=O) groups excluding carboxylic acids is 3. The van der Waals surface area contributed by atoms with Crippen molar-refractivity contribution < 1.29 is 54.1 Å². The lowest BCUT2D eigenvalue weighted by Crippen LogP contribution is -2.35. The minimum atomic E-state index is -0.959. The van der Waals surface area contributed by atoms with Crippen LogP contribution < -0.4 is 27.2 Å². The molecule has 0 radical (unpaired) electrons. The molecule has 2 unspecified atom stereocenters. The molecule has 0 aromatic heterocycles. The van der Waals surface area contributed by atoms with Gasteiger partial charge < -0.3 is 46.5 Å². The van der Waals surface area contributed by atoms with Crippen LogP contribution in [-0.4, -0.2) is 110 Å². The van der Waals surface area contributed by atoms with Crippen LogP contribution in [0.3, 0.4) is 0 Å². The number of benzene rings is 2. The molecule has 0 saturated heterocycles. The maximum Gasteiger partial charge on any atom is 0.321 e. The molecular weight excluding hydrogens is 596 g/mol. The van der Waals surface area contributed by atoms with Gasteiger partial charge in [-0.1, -0.05) is 17.3 Å². The Balaban J connectivity index is 0.000000733. The summed E-state index contributed by atoms with van der Waals surface area (Å²) in [7, 11) is 6.11. The molecule has 0 aliphatic heterocycles. The zero-order valence-corrected chi connectivity index (χ0v) is 25.3. The molecule has 45 heavy (non-hydrogen) atoms. The number of rotatable bonds is 15. The Bertz CT molecular complexity index is 1290. The van der Waals surface area contributed by atoms with E-state index < -0.39 is 24.0 Å². The first-order chi connectivity index (χ1) is 21.4. The van der Waals surface area contributed by atoms with E-state index in [-0.39, 0.29) is 54.9 Å². The molecule has 17 nitrogen and oxygen atoms in total. The Morgan fingerprint density at radius 1 is 0.800 bits per heavy atom. The van der Waals surface area contributed by atoms with E-state index in [1.807, 2.05) is 0 Å². The topological polar surface area (TPSA) is 271 Å². The quantitative estimate of drug-likeness (QED) is 0.0628. The summed E-state index contributed by atoms with van der Waals surface area (Å²) in [5.74, 6) is 1.96. The van der Waals surface area contributed by atoms with Gasteiger partial charge in [-0.2, -0.15) is 0 Å². The summed E-state index contributed by atoms with van der Waals surface area (Å²) in [6.45, 7) is -0.301. The second kappa shape index (κ2) is 22.4. The number of carboxylic acids is 2. The lowest BCUT2D eigenvalue weighted by atomic mass is 10.0. The average molecular weight is 637 g/mol. The lowest BCUT2D eigenvalue weighted by molar-refractivity contribution is -0.140. The third-order valence-electron chi connectivity index (χ3n) is 5.72. The fraction of sp³-hybridized carbons (Fsp3) is 0.357. The van der Waals surface area contributed by atoms with Crippen LogP contribution in [-0.2, 0) is 41.7 Å². The minimum Gasteiger partial charge on any atom is -0.507 e. The summed E-state index contributed by atoms with van der Waals surface area (Å²) in [6.07, 6.45) is 2.31. The van der Waals surface area contributed by atoms with Crippen molar-refractivity contribution in [3.63, 3.8) is 0 Å². The van der Waals surface area contributed by atoms with E-state index in [4.69, 9.17) is 15.1 Å². The number of oxime groups is 1. The molecule has 17 heteroatoms. The predicted octanol–water partition coefficient (Wildman–Crippen LogP) is -1.25. The Kier molecular flexibility index (Phi) is 19.9. The lowest BCUT2D eigenvalue weighted by Gasteiger charge is -2.11. The first-order valence-electron chi connectivity index (χ1n) is 13.1. The van der Waals surface area contributed by atoms with Crippen molar-refractivity contribution in [2.45, 2.75) is 24.9 Å². The largest absolute Gasteiger partial charge is 0.507 e. The van der Waals surface area contributed by atoms with Crippen LogP contribution >= 0.6 is 0 Å². The van der Waals surface area contributed by atoms with Crippen molar-refractivity contribution in [2.24, 2.45) is 11.1 Å². The number of amides is 2. The van der Waals surface area contributed by atoms with Crippen LogP contribution in [0.5, 0.6) is 11.5 Å².